The van der Waals surface area contributed by atoms with Crippen molar-refractivity contribution in [3.8, 4) is 0 Å². The molecular formula is C30H46N2O4. The Hall–Kier alpha value is -2.60. The zero-order valence-corrected chi connectivity index (χ0v) is 22.2. The van der Waals surface area contributed by atoms with Crippen LogP contribution >= 0.6 is 0 Å². The number of hydrogen-bond donors (Lipinski definition) is 1. The Morgan fingerprint density at radius 1 is 0.806 bits per heavy atom. The Labute approximate surface area is 217 Å². The average molecular weight is 499 g/mol. The molecule has 0 unspecified atom stereocenters. The van der Waals surface area contributed by atoms with Gasteiger partial charge in [-0.25, -0.2) is 0 Å². The number of aromatic nitrogens is 1. The van der Waals surface area contributed by atoms with E-state index in [1.54, 1.807) is 19.2 Å². The van der Waals surface area contributed by atoms with Crippen molar-refractivity contribution < 1.29 is 14.3 Å². The molecule has 0 radical (unpaired) electrons. The third-order valence-corrected chi connectivity index (χ3v) is 6.24. The van der Waals surface area contributed by atoms with Gasteiger partial charge in [-0.15, -0.1) is 0 Å². The van der Waals surface area contributed by atoms with E-state index in [2.05, 4.69) is 29.6 Å². The Kier molecular flexibility index (Phi) is 16.1. The molecule has 200 valence electrons. The molecule has 1 N–H and O–H groups in total. The lowest BCUT2D eigenvalue weighted by Crippen LogP contribution is -2.24. The SMILES string of the molecule is CCOC(=O)Cn1cc(NCCCCCCCCCCCCCCOCc2ccccc2)ccc1=O. The predicted molar refractivity (Wildman–Crippen MR) is 147 cm³/mol. The Bertz CT molecular complexity index is 882. The van der Waals surface area contributed by atoms with Crippen molar-refractivity contribution >= 4 is 11.7 Å². The van der Waals surface area contributed by atoms with E-state index in [1.165, 1.54) is 86.8 Å². The van der Waals surface area contributed by atoms with Crippen molar-refractivity contribution in [2.45, 2.75) is 97.1 Å². The van der Waals surface area contributed by atoms with Crippen molar-refractivity contribution in [1.82, 2.24) is 4.57 Å². The highest BCUT2D eigenvalue weighted by molar-refractivity contribution is 5.69. The van der Waals surface area contributed by atoms with Crippen LogP contribution < -0.4 is 10.9 Å². The lowest BCUT2D eigenvalue weighted by molar-refractivity contribution is -0.143. The summed E-state index contributed by atoms with van der Waals surface area (Å²) in [5.41, 5.74) is 1.92. The van der Waals surface area contributed by atoms with Gasteiger partial charge in [0.15, 0.2) is 0 Å². The number of rotatable bonds is 21. The third-order valence-electron chi connectivity index (χ3n) is 6.24. The molecule has 2 rings (SSSR count). The van der Waals surface area contributed by atoms with Gasteiger partial charge in [0.25, 0.3) is 5.56 Å². The van der Waals surface area contributed by atoms with Gasteiger partial charge in [0, 0.05) is 25.4 Å². The fourth-order valence-electron chi connectivity index (χ4n) is 4.20. The lowest BCUT2D eigenvalue weighted by Gasteiger charge is -2.10. The topological polar surface area (TPSA) is 69.6 Å². The van der Waals surface area contributed by atoms with Crippen LogP contribution in [0.5, 0.6) is 0 Å². The molecule has 36 heavy (non-hydrogen) atoms. The quantitative estimate of drug-likeness (QED) is 0.153. The first-order valence-corrected chi connectivity index (χ1v) is 13.9. The summed E-state index contributed by atoms with van der Waals surface area (Å²) in [4.78, 5) is 23.5. The van der Waals surface area contributed by atoms with Crippen molar-refractivity contribution in [3.05, 3.63) is 64.6 Å². The molecule has 0 bridgehead atoms. The summed E-state index contributed by atoms with van der Waals surface area (Å²) < 4.78 is 12.1. The fourth-order valence-corrected chi connectivity index (χ4v) is 4.20. The molecule has 0 aliphatic carbocycles. The van der Waals surface area contributed by atoms with E-state index in [4.69, 9.17) is 9.47 Å². The van der Waals surface area contributed by atoms with Crippen LogP contribution in [0.25, 0.3) is 0 Å². The van der Waals surface area contributed by atoms with Gasteiger partial charge < -0.3 is 19.4 Å². The molecule has 2 aromatic rings. The highest BCUT2D eigenvalue weighted by Gasteiger charge is 2.05. The summed E-state index contributed by atoms with van der Waals surface area (Å²) in [6.07, 6.45) is 17.1. The van der Waals surface area contributed by atoms with E-state index in [0.29, 0.717) is 6.61 Å². The molecule has 0 fully saturated rings. The average Bonchev–Trinajstić information content (AvgIpc) is 2.88. The Morgan fingerprint density at radius 3 is 2.06 bits per heavy atom. The molecule has 0 spiro atoms. The van der Waals surface area contributed by atoms with Crippen LogP contribution in [-0.4, -0.2) is 30.3 Å². The maximum Gasteiger partial charge on any atom is 0.326 e. The van der Waals surface area contributed by atoms with Gasteiger partial charge in [0.2, 0.25) is 0 Å². The van der Waals surface area contributed by atoms with Gasteiger partial charge in [-0.05, 0) is 31.4 Å². The normalized spacial score (nSPS) is 10.9. The van der Waals surface area contributed by atoms with Crippen molar-refractivity contribution in [1.29, 1.82) is 0 Å². The van der Waals surface area contributed by atoms with Crippen molar-refractivity contribution in [2.75, 3.05) is 25.1 Å². The number of ether oxygens (including phenoxy) is 2. The second-order valence-electron chi connectivity index (χ2n) is 9.40. The minimum atomic E-state index is -0.392. The maximum atomic E-state index is 11.9. The second kappa shape index (κ2) is 19.6. The molecule has 0 atom stereocenters. The van der Waals surface area contributed by atoms with E-state index < -0.39 is 5.97 Å². The fraction of sp³-hybridized carbons (Fsp3) is 0.600. The zero-order valence-electron chi connectivity index (χ0n) is 22.2. The Morgan fingerprint density at radius 2 is 1.42 bits per heavy atom. The highest BCUT2D eigenvalue weighted by Crippen LogP contribution is 2.13. The van der Waals surface area contributed by atoms with Crippen LogP contribution in [0.3, 0.4) is 0 Å². The molecule has 0 saturated heterocycles. The first kappa shape index (κ1) is 29.6. The van der Waals surface area contributed by atoms with Gasteiger partial charge in [-0.3, -0.25) is 9.59 Å². The number of unbranched alkanes of at least 4 members (excludes halogenated alkanes) is 11. The van der Waals surface area contributed by atoms with Crippen molar-refractivity contribution in [2.24, 2.45) is 0 Å². The van der Waals surface area contributed by atoms with Gasteiger partial charge >= 0.3 is 5.97 Å². The number of pyridine rings is 1. The molecule has 6 nitrogen and oxygen atoms in total. The number of carbonyl (C=O) groups excluding carboxylic acids is 1. The number of esters is 1. The predicted octanol–water partition coefficient (Wildman–Crippen LogP) is 6.72. The van der Waals surface area contributed by atoms with Crippen LogP contribution in [0.1, 0.15) is 89.5 Å². The monoisotopic (exact) mass is 498 g/mol. The number of anilines is 1. The molecule has 0 aliphatic rings. The minimum absolute atomic E-state index is 0.0493. The molecule has 1 heterocycles. The van der Waals surface area contributed by atoms with Gasteiger partial charge in [0.1, 0.15) is 6.54 Å². The van der Waals surface area contributed by atoms with Crippen LogP contribution in [-0.2, 0) is 27.4 Å². The zero-order chi connectivity index (χ0) is 25.7. The smallest absolute Gasteiger partial charge is 0.326 e. The highest BCUT2D eigenvalue weighted by atomic mass is 16.5. The number of benzene rings is 1. The van der Waals surface area contributed by atoms with Gasteiger partial charge in [0.05, 0.1) is 18.9 Å². The van der Waals surface area contributed by atoms with Crippen molar-refractivity contribution in [3.63, 3.8) is 0 Å². The number of carbonyl (C=O) groups is 1. The number of nitrogens with zero attached hydrogens (tertiary/aromatic N) is 1. The summed E-state index contributed by atoms with van der Waals surface area (Å²) in [5.74, 6) is -0.392. The first-order chi connectivity index (χ1) is 17.7. The first-order valence-electron chi connectivity index (χ1n) is 13.9. The molecule has 1 aromatic carbocycles. The van der Waals surface area contributed by atoms with Gasteiger partial charge in [-0.1, -0.05) is 94.5 Å². The summed E-state index contributed by atoms with van der Waals surface area (Å²) in [5, 5.41) is 3.35. The number of hydrogen-bond acceptors (Lipinski definition) is 5. The molecule has 0 aliphatic heterocycles. The third kappa shape index (κ3) is 14.1. The summed E-state index contributed by atoms with van der Waals surface area (Å²) >= 11 is 0. The molecule has 0 amide bonds. The lowest BCUT2D eigenvalue weighted by atomic mass is 10.1. The van der Waals surface area contributed by atoms with Crippen LogP contribution in [0.4, 0.5) is 5.69 Å². The molecule has 6 heteroatoms. The summed E-state index contributed by atoms with van der Waals surface area (Å²) in [6.45, 7) is 4.49. The molecule has 0 saturated carbocycles. The minimum Gasteiger partial charge on any atom is -0.465 e. The largest absolute Gasteiger partial charge is 0.465 e. The maximum absolute atomic E-state index is 11.9. The summed E-state index contributed by atoms with van der Waals surface area (Å²) in [7, 11) is 0. The standard InChI is InChI=1S/C30H46N2O4/c1-2-36-30(34)25-32-24-28(20-21-29(32)33)31-22-16-11-9-7-5-3-4-6-8-10-12-17-23-35-26-27-18-14-13-15-19-27/h13-15,18-21,24,31H,2-12,16-17,22-23,25-26H2,1H3. The molecule has 1 aromatic heterocycles. The van der Waals surface area contributed by atoms with Gasteiger partial charge in [-0.2, -0.15) is 0 Å². The van der Waals surface area contributed by atoms with E-state index >= 15 is 0 Å². The van der Waals surface area contributed by atoms with E-state index in [0.717, 1.165) is 31.9 Å². The van der Waals surface area contributed by atoms with Crippen LogP contribution in [0, 0.1) is 0 Å². The van der Waals surface area contributed by atoms with E-state index in [1.807, 2.05) is 6.07 Å². The van der Waals surface area contributed by atoms with Crippen LogP contribution in [0.2, 0.25) is 0 Å². The van der Waals surface area contributed by atoms with Crippen LogP contribution in [0.15, 0.2) is 53.5 Å². The van der Waals surface area contributed by atoms with E-state index in [9.17, 15) is 9.59 Å². The Balaban J connectivity index is 1.35. The van der Waals surface area contributed by atoms with E-state index in [-0.39, 0.29) is 12.1 Å². The summed E-state index contributed by atoms with van der Waals surface area (Å²) in [6, 6.07) is 13.6. The molecular weight excluding hydrogens is 452 g/mol. The number of nitrogens with one attached hydrogen (secondary N) is 1. The second-order valence-corrected chi connectivity index (χ2v) is 9.40.